The first kappa shape index (κ1) is 11.7. The first-order valence-electron chi connectivity index (χ1n) is 5.30. The maximum absolute atomic E-state index is 5.78. The lowest BCUT2D eigenvalue weighted by atomic mass is 10.2. The van der Waals surface area contributed by atoms with Crippen LogP contribution in [-0.4, -0.2) is 12.0 Å². The van der Waals surface area contributed by atoms with E-state index in [1.54, 1.807) is 12.1 Å². The number of aromatic nitrogens is 1. The summed E-state index contributed by atoms with van der Waals surface area (Å²) in [6.07, 6.45) is 0. The fraction of sp³-hybridized carbons (Fsp3) is 0.154. The number of halogens is 1. The van der Waals surface area contributed by atoms with E-state index in [2.05, 4.69) is 10.3 Å². The maximum atomic E-state index is 5.78. The van der Waals surface area contributed by atoms with E-state index in [0.29, 0.717) is 17.6 Å². The van der Waals surface area contributed by atoms with Crippen molar-refractivity contribution in [3.05, 3.63) is 53.2 Å². The number of nitrogens with one attached hydrogen (secondary N) is 1. The van der Waals surface area contributed by atoms with Crippen LogP contribution in [0.15, 0.2) is 42.5 Å². The summed E-state index contributed by atoms with van der Waals surface area (Å²) in [6.45, 7) is 0.463. The van der Waals surface area contributed by atoms with E-state index < -0.39 is 0 Å². The van der Waals surface area contributed by atoms with E-state index in [-0.39, 0.29) is 0 Å². The maximum Gasteiger partial charge on any atom is 0.214 e. The monoisotopic (exact) mass is 248 g/mol. The van der Waals surface area contributed by atoms with Crippen molar-refractivity contribution < 1.29 is 4.74 Å². The van der Waals surface area contributed by atoms with Gasteiger partial charge >= 0.3 is 0 Å². The van der Waals surface area contributed by atoms with E-state index in [1.807, 2.05) is 37.4 Å². The molecular weight excluding hydrogens is 236 g/mol. The van der Waals surface area contributed by atoms with Crippen LogP contribution in [0.2, 0.25) is 5.15 Å². The van der Waals surface area contributed by atoms with Crippen LogP contribution in [0.1, 0.15) is 5.56 Å². The lowest BCUT2D eigenvalue weighted by molar-refractivity contribution is 0.294. The smallest absolute Gasteiger partial charge is 0.214 e. The molecule has 0 spiro atoms. The van der Waals surface area contributed by atoms with E-state index in [9.17, 15) is 0 Å². The molecule has 0 saturated heterocycles. The zero-order valence-electron chi connectivity index (χ0n) is 9.48. The molecule has 88 valence electrons. The van der Waals surface area contributed by atoms with E-state index in [1.165, 1.54) is 0 Å². The Morgan fingerprint density at radius 3 is 2.76 bits per heavy atom. The topological polar surface area (TPSA) is 34.1 Å². The Morgan fingerprint density at radius 2 is 2.00 bits per heavy atom. The predicted molar refractivity (Wildman–Crippen MR) is 69.6 cm³/mol. The van der Waals surface area contributed by atoms with Crippen molar-refractivity contribution in [3.8, 4) is 5.88 Å². The molecule has 0 aliphatic heterocycles. The fourth-order valence-corrected chi connectivity index (χ4v) is 1.67. The van der Waals surface area contributed by atoms with Crippen LogP contribution in [0.3, 0.4) is 0 Å². The van der Waals surface area contributed by atoms with Crippen molar-refractivity contribution in [1.82, 2.24) is 4.98 Å². The second-order valence-corrected chi connectivity index (χ2v) is 3.88. The Hall–Kier alpha value is -1.74. The third-order valence-electron chi connectivity index (χ3n) is 2.35. The molecule has 1 N–H and O–H groups in total. The lowest BCUT2D eigenvalue weighted by Gasteiger charge is -2.09. The van der Waals surface area contributed by atoms with Gasteiger partial charge in [0.2, 0.25) is 5.88 Å². The number of anilines is 1. The Balaban J connectivity index is 2.07. The quantitative estimate of drug-likeness (QED) is 0.843. The number of hydrogen-bond acceptors (Lipinski definition) is 3. The normalized spacial score (nSPS) is 10.0. The molecule has 1 heterocycles. The van der Waals surface area contributed by atoms with Crippen molar-refractivity contribution in [2.75, 3.05) is 12.4 Å². The average molecular weight is 249 g/mol. The van der Waals surface area contributed by atoms with Crippen LogP contribution in [0.4, 0.5) is 5.69 Å². The van der Waals surface area contributed by atoms with Gasteiger partial charge in [0.25, 0.3) is 0 Å². The van der Waals surface area contributed by atoms with Gasteiger partial charge in [-0.1, -0.05) is 35.9 Å². The van der Waals surface area contributed by atoms with E-state index in [4.69, 9.17) is 16.3 Å². The molecular formula is C13H13ClN2O. The first-order chi connectivity index (χ1) is 8.29. The summed E-state index contributed by atoms with van der Waals surface area (Å²) >= 11 is 5.78. The fourth-order valence-electron chi connectivity index (χ4n) is 1.51. The highest BCUT2D eigenvalue weighted by Gasteiger charge is 2.02. The zero-order valence-corrected chi connectivity index (χ0v) is 10.2. The molecule has 0 saturated carbocycles. The van der Waals surface area contributed by atoms with Crippen LogP contribution in [-0.2, 0) is 6.61 Å². The van der Waals surface area contributed by atoms with Gasteiger partial charge in [-0.15, -0.1) is 0 Å². The molecule has 1 aromatic heterocycles. The van der Waals surface area contributed by atoms with Crippen molar-refractivity contribution in [3.63, 3.8) is 0 Å². The van der Waals surface area contributed by atoms with Gasteiger partial charge in [-0.3, -0.25) is 0 Å². The van der Waals surface area contributed by atoms with Crippen molar-refractivity contribution in [2.24, 2.45) is 0 Å². The summed E-state index contributed by atoms with van der Waals surface area (Å²) in [6, 6.07) is 13.3. The molecule has 0 bridgehead atoms. The first-order valence-corrected chi connectivity index (χ1v) is 5.68. The second kappa shape index (κ2) is 5.55. The summed E-state index contributed by atoms with van der Waals surface area (Å²) in [5.41, 5.74) is 2.13. The van der Waals surface area contributed by atoms with Crippen LogP contribution in [0, 0.1) is 0 Å². The highest BCUT2D eigenvalue weighted by Crippen LogP contribution is 2.17. The number of pyridine rings is 1. The number of para-hydroxylation sites is 1. The van der Waals surface area contributed by atoms with Gasteiger partial charge in [-0.25, -0.2) is 4.98 Å². The molecule has 0 amide bonds. The van der Waals surface area contributed by atoms with Crippen molar-refractivity contribution in [1.29, 1.82) is 0 Å². The number of hydrogen-bond donors (Lipinski definition) is 1. The number of rotatable bonds is 4. The van der Waals surface area contributed by atoms with E-state index >= 15 is 0 Å². The Bertz CT molecular complexity index is 502. The third kappa shape index (κ3) is 3.11. The van der Waals surface area contributed by atoms with E-state index in [0.717, 1.165) is 11.3 Å². The van der Waals surface area contributed by atoms with Crippen LogP contribution < -0.4 is 10.1 Å². The molecule has 0 radical (unpaired) electrons. The molecule has 4 heteroatoms. The Labute approximate surface area is 105 Å². The minimum atomic E-state index is 0.435. The predicted octanol–water partition coefficient (Wildman–Crippen LogP) is 3.36. The standard InChI is InChI=1S/C13H13ClN2O/c1-15-11-6-3-2-5-10(11)9-17-13-8-4-7-12(14)16-13/h2-8,15H,9H2,1H3. The van der Waals surface area contributed by atoms with Gasteiger partial charge in [0, 0.05) is 24.4 Å². The largest absolute Gasteiger partial charge is 0.473 e. The highest BCUT2D eigenvalue weighted by molar-refractivity contribution is 6.29. The molecule has 0 unspecified atom stereocenters. The summed E-state index contributed by atoms with van der Waals surface area (Å²) in [5, 5.41) is 3.55. The summed E-state index contributed by atoms with van der Waals surface area (Å²) in [5.74, 6) is 0.531. The molecule has 0 aliphatic carbocycles. The van der Waals surface area contributed by atoms with Gasteiger partial charge < -0.3 is 10.1 Å². The second-order valence-electron chi connectivity index (χ2n) is 3.49. The number of nitrogens with zero attached hydrogens (tertiary/aromatic N) is 1. The lowest BCUT2D eigenvalue weighted by Crippen LogP contribution is -2.01. The number of ether oxygens (including phenoxy) is 1. The summed E-state index contributed by atoms with van der Waals surface area (Å²) < 4.78 is 5.58. The van der Waals surface area contributed by atoms with Gasteiger partial charge in [-0.05, 0) is 12.1 Å². The van der Waals surface area contributed by atoms with Crippen LogP contribution in [0.25, 0.3) is 0 Å². The Morgan fingerprint density at radius 1 is 1.18 bits per heavy atom. The van der Waals surface area contributed by atoms with Crippen LogP contribution >= 0.6 is 11.6 Å². The minimum Gasteiger partial charge on any atom is -0.473 e. The molecule has 0 fully saturated rings. The number of benzene rings is 1. The zero-order chi connectivity index (χ0) is 12.1. The van der Waals surface area contributed by atoms with Gasteiger partial charge in [-0.2, -0.15) is 0 Å². The van der Waals surface area contributed by atoms with Crippen molar-refractivity contribution >= 4 is 17.3 Å². The third-order valence-corrected chi connectivity index (χ3v) is 2.56. The molecule has 2 rings (SSSR count). The molecule has 2 aromatic rings. The highest BCUT2D eigenvalue weighted by atomic mass is 35.5. The molecule has 17 heavy (non-hydrogen) atoms. The summed E-state index contributed by atoms with van der Waals surface area (Å²) in [4.78, 5) is 4.07. The SMILES string of the molecule is CNc1ccccc1COc1cccc(Cl)n1. The minimum absolute atomic E-state index is 0.435. The van der Waals surface area contributed by atoms with Gasteiger partial charge in [0.15, 0.2) is 0 Å². The Kier molecular flexibility index (Phi) is 3.83. The molecule has 0 aliphatic rings. The molecule has 0 atom stereocenters. The average Bonchev–Trinajstić information content (AvgIpc) is 2.37. The van der Waals surface area contributed by atoms with Gasteiger partial charge in [0.05, 0.1) is 0 Å². The molecule has 1 aromatic carbocycles. The van der Waals surface area contributed by atoms with Gasteiger partial charge in [0.1, 0.15) is 11.8 Å². The van der Waals surface area contributed by atoms with Crippen LogP contribution in [0.5, 0.6) is 5.88 Å². The summed E-state index contributed by atoms with van der Waals surface area (Å²) in [7, 11) is 1.89. The van der Waals surface area contributed by atoms with Crippen molar-refractivity contribution in [2.45, 2.75) is 6.61 Å². The molecule has 3 nitrogen and oxygen atoms in total.